The Kier molecular flexibility index (Phi) is 4.32. The van der Waals surface area contributed by atoms with Gasteiger partial charge in [0.15, 0.2) is 5.69 Å². The molecule has 2 aromatic rings. The first-order valence-electron chi connectivity index (χ1n) is 5.80. The summed E-state index contributed by atoms with van der Waals surface area (Å²) in [6.07, 6.45) is 2.81. The van der Waals surface area contributed by atoms with Gasteiger partial charge in [-0.2, -0.15) is 5.26 Å². The zero-order chi connectivity index (χ0) is 12.8. The molecule has 90 valence electrons. The molecule has 3 nitrogen and oxygen atoms in total. The monoisotopic (exact) mass is 255 g/mol. The van der Waals surface area contributed by atoms with Crippen LogP contribution in [0.1, 0.15) is 19.0 Å². The molecule has 4 heteroatoms. The molecule has 0 radical (unpaired) electrons. The molecule has 0 saturated carbocycles. The number of nitriles is 1. The Morgan fingerprint density at radius 1 is 1.22 bits per heavy atom. The van der Waals surface area contributed by atoms with E-state index in [1.54, 1.807) is 18.0 Å². The summed E-state index contributed by atoms with van der Waals surface area (Å²) in [5.74, 6) is 0.999. The average molecular weight is 255 g/mol. The van der Waals surface area contributed by atoms with Crippen LogP contribution in [0.3, 0.4) is 0 Å². The van der Waals surface area contributed by atoms with Gasteiger partial charge in [-0.15, -0.1) is 11.8 Å². The minimum absolute atomic E-state index is 0.483. The van der Waals surface area contributed by atoms with Gasteiger partial charge in [0, 0.05) is 11.1 Å². The standard InChI is InChI=1S/C14H13N3S/c1-2-9-18-14-7-6-12(17-13(14)10-15)11-5-3-4-8-16-11/h3-8H,2,9H2,1H3. The molecule has 0 amide bonds. The minimum Gasteiger partial charge on any atom is -0.255 e. The molecule has 0 fully saturated rings. The van der Waals surface area contributed by atoms with Crippen molar-refractivity contribution < 1.29 is 0 Å². The Hall–Kier alpha value is -1.86. The third-order valence-corrected chi connectivity index (χ3v) is 3.61. The lowest BCUT2D eigenvalue weighted by Gasteiger charge is -2.04. The molecule has 0 atom stereocenters. The van der Waals surface area contributed by atoms with E-state index in [2.05, 4.69) is 23.0 Å². The first kappa shape index (κ1) is 12.6. The van der Waals surface area contributed by atoms with Gasteiger partial charge in [-0.25, -0.2) is 4.98 Å². The van der Waals surface area contributed by atoms with Crippen LogP contribution in [0.5, 0.6) is 0 Å². The van der Waals surface area contributed by atoms with Gasteiger partial charge >= 0.3 is 0 Å². The number of nitrogens with zero attached hydrogens (tertiary/aromatic N) is 3. The number of hydrogen-bond donors (Lipinski definition) is 0. The third-order valence-electron chi connectivity index (χ3n) is 2.35. The van der Waals surface area contributed by atoms with Crippen LogP contribution in [-0.2, 0) is 0 Å². The second-order valence-corrected chi connectivity index (χ2v) is 4.86. The highest BCUT2D eigenvalue weighted by atomic mass is 32.2. The van der Waals surface area contributed by atoms with Crippen molar-refractivity contribution >= 4 is 11.8 Å². The second kappa shape index (κ2) is 6.18. The fourth-order valence-electron chi connectivity index (χ4n) is 1.51. The minimum atomic E-state index is 0.483. The number of thioether (sulfide) groups is 1. The number of rotatable bonds is 4. The van der Waals surface area contributed by atoms with Crippen molar-refractivity contribution in [1.82, 2.24) is 9.97 Å². The number of aromatic nitrogens is 2. The topological polar surface area (TPSA) is 49.6 Å². The predicted molar refractivity (Wildman–Crippen MR) is 73.2 cm³/mol. The van der Waals surface area contributed by atoms with E-state index in [1.807, 2.05) is 30.3 Å². The molecule has 2 heterocycles. The first-order chi connectivity index (χ1) is 8.85. The summed E-state index contributed by atoms with van der Waals surface area (Å²) < 4.78 is 0. The maximum Gasteiger partial charge on any atom is 0.154 e. The van der Waals surface area contributed by atoms with Crippen LogP contribution in [0.25, 0.3) is 11.4 Å². The highest BCUT2D eigenvalue weighted by molar-refractivity contribution is 7.99. The highest BCUT2D eigenvalue weighted by Gasteiger charge is 2.07. The van der Waals surface area contributed by atoms with E-state index < -0.39 is 0 Å². The lowest BCUT2D eigenvalue weighted by molar-refractivity contribution is 1.10. The molecular weight excluding hydrogens is 242 g/mol. The molecule has 18 heavy (non-hydrogen) atoms. The Labute approximate surface area is 111 Å². The molecule has 0 spiro atoms. The van der Waals surface area contributed by atoms with Crippen LogP contribution in [0.2, 0.25) is 0 Å². The summed E-state index contributed by atoms with van der Waals surface area (Å²) in [5.41, 5.74) is 2.02. The van der Waals surface area contributed by atoms with E-state index in [9.17, 15) is 0 Å². The normalized spacial score (nSPS) is 10.0. The van der Waals surface area contributed by atoms with Crippen molar-refractivity contribution in [3.63, 3.8) is 0 Å². The maximum absolute atomic E-state index is 9.14. The molecule has 0 aromatic carbocycles. The molecule has 0 bridgehead atoms. The molecule has 0 aliphatic heterocycles. The summed E-state index contributed by atoms with van der Waals surface area (Å²) in [5, 5.41) is 9.14. The van der Waals surface area contributed by atoms with Crippen molar-refractivity contribution in [1.29, 1.82) is 5.26 Å². The van der Waals surface area contributed by atoms with Gasteiger partial charge in [0.2, 0.25) is 0 Å². The molecule has 0 aliphatic carbocycles. The Morgan fingerprint density at radius 2 is 2.11 bits per heavy atom. The van der Waals surface area contributed by atoms with Crippen molar-refractivity contribution in [2.75, 3.05) is 5.75 Å². The molecule has 2 aromatic heterocycles. The van der Waals surface area contributed by atoms with Gasteiger partial charge in [0.1, 0.15) is 6.07 Å². The Morgan fingerprint density at radius 3 is 2.78 bits per heavy atom. The van der Waals surface area contributed by atoms with Crippen LogP contribution in [0.4, 0.5) is 0 Å². The summed E-state index contributed by atoms with van der Waals surface area (Å²) in [6, 6.07) is 11.7. The van der Waals surface area contributed by atoms with Gasteiger partial charge in [-0.05, 0) is 36.4 Å². The van der Waals surface area contributed by atoms with Gasteiger partial charge in [-0.1, -0.05) is 13.0 Å². The Bertz CT molecular complexity index is 561. The molecule has 2 rings (SSSR count). The summed E-state index contributed by atoms with van der Waals surface area (Å²) >= 11 is 1.67. The van der Waals surface area contributed by atoms with Gasteiger partial charge < -0.3 is 0 Å². The average Bonchev–Trinajstić information content (AvgIpc) is 2.46. The van der Waals surface area contributed by atoms with E-state index in [1.165, 1.54) is 0 Å². The van der Waals surface area contributed by atoms with Crippen LogP contribution in [0.15, 0.2) is 41.4 Å². The number of hydrogen-bond acceptors (Lipinski definition) is 4. The molecular formula is C14H13N3S. The van der Waals surface area contributed by atoms with Crippen LogP contribution < -0.4 is 0 Å². The van der Waals surface area contributed by atoms with Gasteiger partial charge in [0.25, 0.3) is 0 Å². The summed E-state index contributed by atoms with van der Waals surface area (Å²) in [4.78, 5) is 9.55. The van der Waals surface area contributed by atoms with E-state index >= 15 is 0 Å². The van der Waals surface area contributed by atoms with Crippen LogP contribution in [0, 0.1) is 11.3 Å². The van der Waals surface area contributed by atoms with E-state index in [0.717, 1.165) is 28.5 Å². The molecule has 0 saturated heterocycles. The van der Waals surface area contributed by atoms with Crippen molar-refractivity contribution in [3.05, 3.63) is 42.2 Å². The lowest BCUT2D eigenvalue weighted by atomic mass is 10.2. The third kappa shape index (κ3) is 2.88. The van der Waals surface area contributed by atoms with Gasteiger partial charge in [-0.3, -0.25) is 4.98 Å². The molecule has 0 aliphatic rings. The molecule has 0 unspecified atom stereocenters. The quantitative estimate of drug-likeness (QED) is 0.784. The SMILES string of the molecule is CCCSc1ccc(-c2ccccn2)nc1C#N. The van der Waals surface area contributed by atoms with E-state index in [0.29, 0.717) is 5.69 Å². The Balaban J connectivity index is 2.34. The van der Waals surface area contributed by atoms with Crippen molar-refractivity contribution in [3.8, 4) is 17.5 Å². The zero-order valence-electron chi connectivity index (χ0n) is 10.1. The number of pyridine rings is 2. The smallest absolute Gasteiger partial charge is 0.154 e. The summed E-state index contributed by atoms with van der Waals surface area (Å²) in [6.45, 7) is 2.12. The predicted octanol–water partition coefficient (Wildman–Crippen LogP) is 3.52. The second-order valence-electron chi connectivity index (χ2n) is 3.72. The van der Waals surface area contributed by atoms with Gasteiger partial charge in [0.05, 0.1) is 11.4 Å². The summed E-state index contributed by atoms with van der Waals surface area (Å²) in [7, 11) is 0. The van der Waals surface area contributed by atoms with E-state index in [4.69, 9.17) is 5.26 Å². The highest BCUT2D eigenvalue weighted by Crippen LogP contribution is 2.24. The van der Waals surface area contributed by atoms with Crippen LogP contribution >= 0.6 is 11.8 Å². The fourth-order valence-corrected chi connectivity index (χ4v) is 2.33. The largest absolute Gasteiger partial charge is 0.255 e. The zero-order valence-corrected chi connectivity index (χ0v) is 10.9. The fraction of sp³-hybridized carbons (Fsp3) is 0.214. The van der Waals surface area contributed by atoms with Crippen molar-refractivity contribution in [2.45, 2.75) is 18.2 Å². The van der Waals surface area contributed by atoms with E-state index in [-0.39, 0.29) is 0 Å². The molecule has 0 N–H and O–H groups in total. The first-order valence-corrected chi connectivity index (χ1v) is 6.79. The van der Waals surface area contributed by atoms with Crippen LogP contribution in [-0.4, -0.2) is 15.7 Å². The van der Waals surface area contributed by atoms with Crippen molar-refractivity contribution in [2.24, 2.45) is 0 Å². The lowest BCUT2D eigenvalue weighted by Crippen LogP contribution is -1.93. The maximum atomic E-state index is 9.14.